The lowest BCUT2D eigenvalue weighted by Gasteiger charge is -2.32. The summed E-state index contributed by atoms with van der Waals surface area (Å²) in [5, 5.41) is 0. The minimum atomic E-state index is -0.414. The van der Waals surface area contributed by atoms with Crippen molar-refractivity contribution in [3.05, 3.63) is 23.7 Å². The number of furan rings is 1. The lowest BCUT2D eigenvalue weighted by Crippen LogP contribution is -2.42. The maximum absolute atomic E-state index is 12.2. The van der Waals surface area contributed by atoms with Crippen molar-refractivity contribution in [1.29, 1.82) is 0 Å². The zero-order valence-electron chi connectivity index (χ0n) is 13.6. The summed E-state index contributed by atoms with van der Waals surface area (Å²) in [7, 11) is 2.78. The lowest BCUT2D eigenvalue weighted by molar-refractivity contribution is -0.146. The van der Waals surface area contributed by atoms with E-state index in [-0.39, 0.29) is 12.0 Å². The van der Waals surface area contributed by atoms with Crippen LogP contribution in [0.4, 0.5) is 0 Å². The van der Waals surface area contributed by atoms with Crippen LogP contribution in [0.25, 0.3) is 0 Å². The third-order valence-corrected chi connectivity index (χ3v) is 5.17. The summed E-state index contributed by atoms with van der Waals surface area (Å²) < 4.78 is 15.3. The summed E-state index contributed by atoms with van der Waals surface area (Å²) in [6, 6.07) is 1.70. The number of ether oxygens (including phenoxy) is 2. The van der Waals surface area contributed by atoms with Crippen LogP contribution >= 0.6 is 0 Å². The van der Waals surface area contributed by atoms with Crippen LogP contribution in [0.2, 0.25) is 0 Å². The molecule has 1 aliphatic heterocycles. The normalized spacial score (nSPS) is 27.5. The first kappa shape index (κ1) is 16.1. The van der Waals surface area contributed by atoms with Gasteiger partial charge in [-0.3, -0.25) is 9.69 Å². The van der Waals surface area contributed by atoms with Crippen molar-refractivity contribution in [3.63, 3.8) is 0 Å². The third kappa shape index (κ3) is 3.00. The molecule has 3 rings (SSSR count). The minimum Gasteiger partial charge on any atom is -0.468 e. The van der Waals surface area contributed by atoms with Gasteiger partial charge in [0.25, 0.3) is 0 Å². The first-order valence-corrected chi connectivity index (χ1v) is 8.14. The monoisotopic (exact) mass is 321 g/mol. The van der Waals surface area contributed by atoms with E-state index in [9.17, 15) is 9.59 Å². The molecular formula is C17H23NO5. The summed E-state index contributed by atoms with van der Waals surface area (Å²) in [4.78, 5) is 26.2. The van der Waals surface area contributed by atoms with Crippen LogP contribution in [0.5, 0.6) is 0 Å². The van der Waals surface area contributed by atoms with Crippen LogP contribution < -0.4 is 0 Å². The van der Waals surface area contributed by atoms with E-state index in [0.29, 0.717) is 29.8 Å². The highest BCUT2D eigenvalue weighted by atomic mass is 16.5. The fraction of sp³-hybridized carbons (Fsp3) is 0.647. The Labute approximate surface area is 135 Å². The van der Waals surface area contributed by atoms with Crippen LogP contribution in [0.15, 0.2) is 16.7 Å². The van der Waals surface area contributed by atoms with Gasteiger partial charge in [0.2, 0.25) is 0 Å². The van der Waals surface area contributed by atoms with Crippen LogP contribution in [-0.4, -0.2) is 43.1 Å². The Hall–Kier alpha value is -1.82. The molecule has 6 nitrogen and oxygen atoms in total. The largest absolute Gasteiger partial charge is 0.468 e. The van der Waals surface area contributed by atoms with E-state index >= 15 is 0 Å². The van der Waals surface area contributed by atoms with Gasteiger partial charge in [0.15, 0.2) is 0 Å². The third-order valence-electron chi connectivity index (χ3n) is 5.17. The molecule has 1 aromatic heterocycles. The van der Waals surface area contributed by atoms with Crippen molar-refractivity contribution in [2.24, 2.45) is 5.92 Å². The average Bonchev–Trinajstić information content (AvgIpc) is 3.19. The molecule has 0 aromatic carbocycles. The molecule has 1 aliphatic carbocycles. The fourth-order valence-electron chi connectivity index (χ4n) is 4.07. The van der Waals surface area contributed by atoms with Crippen molar-refractivity contribution in [3.8, 4) is 0 Å². The van der Waals surface area contributed by atoms with Crippen molar-refractivity contribution in [2.45, 2.75) is 50.7 Å². The van der Waals surface area contributed by atoms with Crippen molar-refractivity contribution in [2.75, 3.05) is 14.2 Å². The number of nitrogens with zero attached hydrogens (tertiary/aromatic N) is 1. The smallest absolute Gasteiger partial charge is 0.341 e. The number of esters is 2. The summed E-state index contributed by atoms with van der Waals surface area (Å²) >= 11 is 0. The van der Waals surface area contributed by atoms with Gasteiger partial charge in [-0.05, 0) is 31.2 Å². The Kier molecular flexibility index (Phi) is 4.71. The van der Waals surface area contributed by atoms with Gasteiger partial charge in [-0.25, -0.2) is 4.79 Å². The van der Waals surface area contributed by atoms with Crippen LogP contribution in [-0.2, 0) is 20.8 Å². The number of carbonyl (C=O) groups excluding carboxylic acids is 2. The summed E-state index contributed by atoms with van der Waals surface area (Å²) in [5.41, 5.74) is 0.426. The van der Waals surface area contributed by atoms with E-state index in [0.717, 1.165) is 19.3 Å². The van der Waals surface area contributed by atoms with Crippen LogP contribution in [0, 0.1) is 5.92 Å². The highest BCUT2D eigenvalue weighted by molar-refractivity contribution is 5.90. The standard InChI is InChI=1S/C17H23NO5/c1-21-16(19)12-7-8-23-15(12)10-18-13-6-4-3-5-11(13)9-14(18)17(20)22-2/h7-8,11,13-14H,3-6,9-10H2,1-2H3. The van der Waals surface area contributed by atoms with Crippen molar-refractivity contribution in [1.82, 2.24) is 4.90 Å². The maximum Gasteiger partial charge on any atom is 0.341 e. The first-order chi connectivity index (χ1) is 11.2. The van der Waals surface area contributed by atoms with Crippen molar-refractivity contribution < 1.29 is 23.5 Å². The second-order valence-electron chi connectivity index (χ2n) is 6.31. The van der Waals surface area contributed by atoms with Crippen LogP contribution in [0.3, 0.4) is 0 Å². The first-order valence-electron chi connectivity index (χ1n) is 8.14. The zero-order valence-corrected chi connectivity index (χ0v) is 13.6. The SMILES string of the molecule is COC(=O)c1ccoc1CN1C(C(=O)OC)CC2CCCCC21. The molecule has 23 heavy (non-hydrogen) atoms. The molecular weight excluding hydrogens is 298 g/mol. The Morgan fingerprint density at radius 1 is 1.26 bits per heavy atom. The Morgan fingerprint density at radius 2 is 2.04 bits per heavy atom. The lowest BCUT2D eigenvalue weighted by atomic mass is 9.85. The van der Waals surface area contributed by atoms with E-state index in [4.69, 9.17) is 13.9 Å². The number of hydrogen-bond acceptors (Lipinski definition) is 6. The van der Waals surface area contributed by atoms with Crippen molar-refractivity contribution >= 4 is 11.9 Å². The van der Waals surface area contributed by atoms with Gasteiger partial charge in [0.1, 0.15) is 17.4 Å². The molecule has 126 valence electrons. The molecule has 0 bridgehead atoms. The molecule has 3 unspecified atom stereocenters. The summed E-state index contributed by atoms with van der Waals surface area (Å²) in [6.07, 6.45) is 6.93. The molecule has 1 aromatic rings. The molecule has 1 saturated heterocycles. The molecule has 0 N–H and O–H groups in total. The van der Waals surface area contributed by atoms with E-state index in [1.165, 1.54) is 33.3 Å². The van der Waals surface area contributed by atoms with Gasteiger partial charge in [0, 0.05) is 6.04 Å². The fourth-order valence-corrected chi connectivity index (χ4v) is 4.07. The van der Waals surface area contributed by atoms with Gasteiger partial charge in [-0.1, -0.05) is 12.8 Å². The molecule has 3 atom stereocenters. The minimum absolute atomic E-state index is 0.203. The Morgan fingerprint density at radius 3 is 2.78 bits per heavy atom. The number of hydrogen-bond donors (Lipinski definition) is 0. The topological polar surface area (TPSA) is 69.0 Å². The zero-order chi connectivity index (χ0) is 16.4. The van der Waals surface area contributed by atoms with Gasteiger partial charge >= 0.3 is 11.9 Å². The highest BCUT2D eigenvalue weighted by Gasteiger charge is 2.46. The summed E-state index contributed by atoms with van der Waals surface area (Å²) in [6.45, 7) is 0.429. The van der Waals surface area contributed by atoms with E-state index in [1.807, 2.05) is 0 Å². The molecule has 6 heteroatoms. The molecule has 2 fully saturated rings. The second-order valence-corrected chi connectivity index (χ2v) is 6.31. The molecule has 1 saturated carbocycles. The number of rotatable bonds is 4. The number of fused-ring (bicyclic) bond motifs is 1. The average molecular weight is 321 g/mol. The molecule has 0 amide bonds. The van der Waals surface area contributed by atoms with E-state index < -0.39 is 5.97 Å². The highest BCUT2D eigenvalue weighted by Crippen LogP contribution is 2.41. The van der Waals surface area contributed by atoms with E-state index in [2.05, 4.69) is 4.90 Å². The quantitative estimate of drug-likeness (QED) is 0.793. The Bertz CT molecular complexity index is 581. The van der Waals surface area contributed by atoms with Gasteiger partial charge < -0.3 is 13.9 Å². The Balaban J connectivity index is 1.84. The number of carbonyl (C=O) groups is 2. The van der Waals surface area contributed by atoms with Gasteiger partial charge in [-0.2, -0.15) is 0 Å². The number of likely N-dealkylation sites (tertiary alicyclic amines) is 1. The van der Waals surface area contributed by atoms with Crippen LogP contribution in [0.1, 0.15) is 48.2 Å². The molecule has 0 spiro atoms. The predicted octanol–water partition coefficient (Wildman–Crippen LogP) is 2.37. The van der Waals surface area contributed by atoms with Gasteiger partial charge in [0.05, 0.1) is 27.0 Å². The predicted molar refractivity (Wildman–Crippen MR) is 81.8 cm³/mol. The molecule has 2 heterocycles. The van der Waals surface area contributed by atoms with E-state index in [1.54, 1.807) is 6.07 Å². The number of methoxy groups -OCH3 is 2. The summed E-state index contributed by atoms with van der Waals surface area (Å²) in [5.74, 6) is 0.453. The molecule has 2 aliphatic rings. The maximum atomic E-state index is 12.2. The second kappa shape index (κ2) is 6.74. The van der Waals surface area contributed by atoms with Gasteiger partial charge in [-0.15, -0.1) is 0 Å². The molecule has 0 radical (unpaired) electrons.